The van der Waals surface area contributed by atoms with E-state index in [-0.39, 0.29) is 0 Å². The maximum atomic E-state index is 5.64. The quantitative estimate of drug-likeness (QED) is 0.767. The van der Waals surface area contributed by atoms with Crippen LogP contribution in [0.4, 0.5) is 5.69 Å². The summed E-state index contributed by atoms with van der Waals surface area (Å²) in [6, 6.07) is 16.4. The molecule has 0 aliphatic heterocycles. The van der Waals surface area contributed by atoms with E-state index >= 15 is 0 Å². The highest BCUT2D eigenvalue weighted by Gasteiger charge is 1.96. The molecule has 4 N–H and O–H groups in total. The van der Waals surface area contributed by atoms with Crippen molar-refractivity contribution in [1.29, 1.82) is 0 Å². The second kappa shape index (κ2) is 4.81. The first-order chi connectivity index (χ1) is 7.78. The van der Waals surface area contributed by atoms with Crippen molar-refractivity contribution in [2.75, 3.05) is 5.73 Å². The van der Waals surface area contributed by atoms with Crippen LogP contribution in [0.2, 0.25) is 0 Å². The minimum absolute atomic E-state index is 0.599. The van der Waals surface area contributed by atoms with Crippen molar-refractivity contribution in [2.24, 2.45) is 5.73 Å². The molecule has 0 unspecified atom stereocenters. The largest absolute Gasteiger partial charge is 0.399 e. The van der Waals surface area contributed by atoms with Gasteiger partial charge in [-0.05, 0) is 35.2 Å². The zero-order valence-electron chi connectivity index (χ0n) is 9.19. The van der Waals surface area contributed by atoms with Gasteiger partial charge in [0.15, 0.2) is 0 Å². The highest BCUT2D eigenvalue weighted by Crippen LogP contribution is 2.12. The molecule has 0 aliphatic carbocycles. The molecular formula is C14H16N2. The summed E-state index contributed by atoms with van der Waals surface area (Å²) >= 11 is 0. The van der Waals surface area contributed by atoms with Crippen molar-refractivity contribution in [3.63, 3.8) is 0 Å². The summed E-state index contributed by atoms with van der Waals surface area (Å²) in [4.78, 5) is 0. The molecule has 0 saturated heterocycles. The van der Waals surface area contributed by atoms with Crippen molar-refractivity contribution in [1.82, 2.24) is 0 Å². The van der Waals surface area contributed by atoms with Crippen LogP contribution in [-0.2, 0) is 13.0 Å². The Balaban J connectivity index is 2.11. The number of anilines is 1. The average Bonchev–Trinajstić information content (AvgIpc) is 2.33. The molecule has 82 valence electrons. The minimum Gasteiger partial charge on any atom is -0.399 e. The molecule has 0 radical (unpaired) electrons. The fraction of sp³-hybridized carbons (Fsp3) is 0.143. The van der Waals surface area contributed by atoms with Crippen LogP contribution >= 0.6 is 0 Å². The first-order valence-electron chi connectivity index (χ1n) is 5.40. The molecule has 16 heavy (non-hydrogen) atoms. The predicted molar refractivity (Wildman–Crippen MR) is 68.0 cm³/mol. The van der Waals surface area contributed by atoms with Gasteiger partial charge in [-0.2, -0.15) is 0 Å². The molecule has 0 heterocycles. The lowest BCUT2D eigenvalue weighted by Crippen LogP contribution is -1.96. The van der Waals surface area contributed by atoms with Crippen LogP contribution in [0.25, 0.3) is 0 Å². The van der Waals surface area contributed by atoms with Gasteiger partial charge in [-0.3, -0.25) is 0 Å². The number of nitrogens with two attached hydrogens (primary N) is 2. The highest BCUT2D eigenvalue weighted by molar-refractivity contribution is 5.40. The first-order valence-corrected chi connectivity index (χ1v) is 5.40. The zero-order chi connectivity index (χ0) is 11.4. The van der Waals surface area contributed by atoms with Crippen LogP contribution in [0.1, 0.15) is 16.7 Å². The Morgan fingerprint density at radius 1 is 0.688 bits per heavy atom. The Bertz CT molecular complexity index is 443. The fourth-order valence-electron chi connectivity index (χ4n) is 1.66. The lowest BCUT2D eigenvalue weighted by Gasteiger charge is -2.03. The molecule has 0 fully saturated rings. The number of nitrogen functional groups attached to an aromatic ring is 1. The summed E-state index contributed by atoms with van der Waals surface area (Å²) in [5.74, 6) is 0. The van der Waals surface area contributed by atoms with Gasteiger partial charge in [0.25, 0.3) is 0 Å². The summed E-state index contributed by atoms with van der Waals surface area (Å²) in [5.41, 5.74) is 15.7. The van der Waals surface area contributed by atoms with Gasteiger partial charge < -0.3 is 11.5 Å². The molecule has 0 spiro atoms. The van der Waals surface area contributed by atoms with Crippen molar-refractivity contribution in [3.05, 3.63) is 65.2 Å². The van der Waals surface area contributed by atoms with E-state index in [9.17, 15) is 0 Å². The molecular weight excluding hydrogens is 196 g/mol. The summed E-state index contributed by atoms with van der Waals surface area (Å²) in [6.45, 7) is 0.599. The molecule has 0 atom stereocenters. The normalized spacial score (nSPS) is 10.3. The van der Waals surface area contributed by atoms with Gasteiger partial charge in [-0.1, -0.05) is 36.4 Å². The first kappa shape index (κ1) is 10.7. The van der Waals surface area contributed by atoms with Crippen LogP contribution in [0, 0.1) is 0 Å². The van der Waals surface area contributed by atoms with Crippen molar-refractivity contribution in [3.8, 4) is 0 Å². The topological polar surface area (TPSA) is 52.0 Å². The van der Waals surface area contributed by atoms with Crippen LogP contribution in [0.3, 0.4) is 0 Å². The average molecular weight is 212 g/mol. The van der Waals surface area contributed by atoms with E-state index < -0.39 is 0 Å². The van der Waals surface area contributed by atoms with E-state index in [1.807, 2.05) is 12.1 Å². The number of rotatable bonds is 3. The van der Waals surface area contributed by atoms with E-state index in [1.165, 1.54) is 16.7 Å². The van der Waals surface area contributed by atoms with Crippen LogP contribution < -0.4 is 11.5 Å². The second-order valence-corrected chi connectivity index (χ2v) is 3.94. The van der Waals surface area contributed by atoms with Crippen molar-refractivity contribution in [2.45, 2.75) is 13.0 Å². The lowest BCUT2D eigenvalue weighted by atomic mass is 10.0. The molecule has 2 aromatic carbocycles. The Morgan fingerprint density at radius 2 is 1.12 bits per heavy atom. The van der Waals surface area contributed by atoms with Gasteiger partial charge >= 0.3 is 0 Å². The minimum atomic E-state index is 0.599. The third-order valence-corrected chi connectivity index (χ3v) is 2.65. The zero-order valence-corrected chi connectivity index (χ0v) is 9.19. The van der Waals surface area contributed by atoms with Gasteiger partial charge in [0, 0.05) is 12.2 Å². The van der Waals surface area contributed by atoms with E-state index in [0.717, 1.165) is 12.1 Å². The third kappa shape index (κ3) is 2.61. The smallest absolute Gasteiger partial charge is 0.0314 e. The third-order valence-electron chi connectivity index (χ3n) is 2.65. The lowest BCUT2D eigenvalue weighted by molar-refractivity contribution is 1.06. The Kier molecular flexibility index (Phi) is 3.22. The monoisotopic (exact) mass is 212 g/mol. The maximum absolute atomic E-state index is 5.64. The molecule has 2 aromatic rings. The summed E-state index contributed by atoms with van der Waals surface area (Å²) in [7, 11) is 0. The maximum Gasteiger partial charge on any atom is 0.0314 e. The van der Waals surface area contributed by atoms with E-state index in [2.05, 4.69) is 36.4 Å². The SMILES string of the molecule is NCc1ccc(Cc2ccc(N)cc2)cc1. The number of hydrogen-bond donors (Lipinski definition) is 2. The molecule has 2 heteroatoms. The van der Waals surface area contributed by atoms with E-state index in [1.54, 1.807) is 0 Å². The molecule has 0 aromatic heterocycles. The number of hydrogen-bond acceptors (Lipinski definition) is 2. The Morgan fingerprint density at radius 3 is 1.62 bits per heavy atom. The van der Waals surface area contributed by atoms with Crippen LogP contribution in [-0.4, -0.2) is 0 Å². The van der Waals surface area contributed by atoms with E-state index in [4.69, 9.17) is 11.5 Å². The summed E-state index contributed by atoms with van der Waals surface area (Å²) in [5, 5.41) is 0. The summed E-state index contributed by atoms with van der Waals surface area (Å²) in [6.07, 6.45) is 0.936. The van der Waals surface area contributed by atoms with Gasteiger partial charge in [-0.15, -0.1) is 0 Å². The van der Waals surface area contributed by atoms with Gasteiger partial charge in [0.1, 0.15) is 0 Å². The van der Waals surface area contributed by atoms with Crippen molar-refractivity contribution >= 4 is 5.69 Å². The Hall–Kier alpha value is -1.80. The molecule has 0 aliphatic rings. The van der Waals surface area contributed by atoms with Crippen LogP contribution in [0.15, 0.2) is 48.5 Å². The molecule has 0 bridgehead atoms. The predicted octanol–water partition coefficient (Wildman–Crippen LogP) is 2.32. The van der Waals surface area contributed by atoms with Gasteiger partial charge in [-0.25, -0.2) is 0 Å². The van der Waals surface area contributed by atoms with Crippen LogP contribution in [0.5, 0.6) is 0 Å². The van der Waals surface area contributed by atoms with Gasteiger partial charge in [0.2, 0.25) is 0 Å². The highest BCUT2D eigenvalue weighted by atomic mass is 14.5. The second-order valence-electron chi connectivity index (χ2n) is 3.94. The molecule has 0 saturated carbocycles. The van der Waals surface area contributed by atoms with Crippen molar-refractivity contribution < 1.29 is 0 Å². The van der Waals surface area contributed by atoms with Gasteiger partial charge in [0.05, 0.1) is 0 Å². The fourth-order valence-corrected chi connectivity index (χ4v) is 1.66. The molecule has 2 rings (SSSR count). The Labute approximate surface area is 95.9 Å². The molecule has 2 nitrogen and oxygen atoms in total. The number of benzene rings is 2. The van der Waals surface area contributed by atoms with E-state index in [0.29, 0.717) is 6.54 Å². The molecule has 0 amide bonds. The standard InChI is InChI=1S/C14H16N2/c15-10-13-3-1-11(2-4-13)9-12-5-7-14(16)8-6-12/h1-8H,9-10,15-16H2. The summed E-state index contributed by atoms with van der Waals surface area (Å²) < 4.78 is 0.